The standard InChI is InChI=1S/C15H11FN2O2/c1-9-6-11-13(12(16)7-9)18(15(20)14(11)19)8-10-4-2-3-5-17-10/h2-7H,8H2,1H3. The number of nitrogens with zero attached hydrogens (tertiary/aromatic N) is 2. The van der Waals surface area contributed by atoms with Crippen LogP contribution in [-0.2, 0) is 11.3 Å². The highest BCUT2D eigenvalue weighted by atomic mass is 19.1. The van der Waals surface area contributed by atoms with Crippen molar-refractivity contribution >= 4 is 17.4 Å². The van der Waals surface area contributed by atoms with E-state index in [4.69, 9.17) is 0 Å². The summed E-state index contributed by atoms with van der Waals surface area (Å²) in [6.07, 6.45) is 1.59. The monoisotopic (exact) mass is 270 g/mol. The number of pyridine rings is 1. The molecular weight excluding hydrogens is 259 g/mol. The Morgan fingerprint density at radius 1 is 1.25 bits per heavy atom. The Balaban J connectivity index is 2.07. The Hall–Kier alpha value is -2.56. The van der Waals surface area contributed by atoms with Gasteiger partial charge in [-0.1, -0.05) is 6.07 Å². The smallest absolute Gasteiger partial charge is 0.296 e. The van der Waals surface area contributed by atoms with Crippen LogP contribution in [-0.4, -0.2) is 16.7 Å². The molecule has 0 atom stereocenters. The molecule has 0 N–H and O–H groups in total. The molecule has 1 aliphatic rings. The summed E-state index contributed by atoms with van der Waals surface area (Å²) < 4.78 is 14.1. The third kappa shape index (κ3) is 1.87. The molecule has 2 heterocycles. The Morgan fingerprint density at radius 2 is 2.05 bits per heavy atom. The largest absolute Gasteiger partial charge is 0.299 e. The van der Waals surface area contributed by atoms with Crippen molar-refractivity contribution in [2.45, 2.75) is 13.5 Å². The van der Waals surface area contributed by atoms with E-state index in [2.05, 4.69) is 4.98 Å². The molecule has 1 aliphatic heterocycles. The van der Waals surface area contributed by atoms with E-state index in [9.17, 15) is 14.0 Å². The molecule has 0 radical (unpaired) electrons. The summed E-state index contributed by atoms with van der Waals surface area (Å²) in [5.74, 6) is -1.94. The maximum atomic E-state index is 14.1. The second-order valence-corrected chi connectivity index (χ2v) is 4.68. The van der Waals surface area contributed by atoms with Gasteiger partial charge in [-0.05, 0) is 36.8 Å². The van der Waals surface area contributed by atoms with Gasteiger partial charge < -0.3 is 0 Å². The molecule has 0 aliphatic carbocycles. The van der Waals surface area contributed by atoms with Crippen LogP contribution < -0.4 is 4.90 Å². The van der Waals surface area contributed by atoms with E-state index in [0.717, 1.165) is 4.90 Å². The van der Waals surface area contributed by atoms with Crippen LogP contribution in [0.15, 0.2) is 36.5 Å². The van der Waals surface area contributed by atoms with Gasteiger partial charge in [-0.2, -0.15) is 0 Å². The number of hydrogen-bond donors (Lipinski definition) is 0. The fourth-order valence-electron chi connectivity index (χ4n) is 2.33. The lowest BCUT2D eigenvalue weighted by atomic mass is 10.1. The molecule has 0 saturated heterocycles. The van der Waals surface area contributed by atoms with Crippen molar-refractivity contribution < 1.29 is 14.0 Å². The van der Waals surface area contributed by atoms with Crippen LogP contribution in [0.4, 0.5) is 10.1 Å². The molecule has 1 aromatic carbocycles. The van der Waals surface area contributed by atoms with Crippen LogP contribution in [0, 0.1) is 12.7 Å². The first-order chi connectivity index (χ1) is 9.58. The third-order valence-electron chi connectivity index (χ3n) is 3.21. The normalized spacial score (nSPS) is 13.8. The predicted molar refractivity (Wildman–Crippen MR) is 70.9 cm³/mol. The van der Waals surface area contributed by atoms with Crippen LogP contribution >= 0.6 is 0 Å². The van der Waals surface area contributed by atoms with Crippen molar-refractivity contribution in [2.24, 2.45) is 0 Å². The van der Waals surface area contributed by atoms with Gasteiger partial charge in [0, 0.05) is 6.20 Å². The minimum atomic E-state index is -0.713. The predicted octanol–water partition coefficient (Wildman–Crippen LogP) is 2.26. The molecule has 0 saturated carbocycles. The quantitative estimate of drug-likeness (QED) is 0.786. The molecule has 0 unspecified atom stereocenters. The van der Waals surface area contributed by atoms with Gasteiger partial charge in [0.25, 0.3) is 11.7 Å². The SMILES string of the molecule is Cc1cc(F)c2c(c1)C(=O)C(=O)N2Cc1ccccn1. The summed E-state index contributed by atoms with van der Waals surface area (Å²) in [6.45, 7) is 1.76. The van der Waals surface area contributed by atoms with Gasteiger partial charge in [0.1, 0.15) is 5.82 Å². The molecule has 5 heteroatoms. The maximum absolute atomic E-state index is 14.1. The van der Waals surface area contributed by atoms with Crippen LogP contribution in [0.3, 0.4) is 0 Å². The molecule has 0 fully saturated rings. The summed E-state index contributed by atoms with van der Waals surface area (Å²) in [7, 11) is 0. The van der Waals surface area contributed by atoms with Gasteiger partial charge in [-0.25, -0.2) is 4.39 Å². The lowest BCUT2D eigenvalue weighted by Crippen LogP contribution is -2.29. The number of ketones is 1. The van der Waals surface area contributed by atoms with Gasteiger partial charge in [0.05, 0.1) is 23.5 Å². The van der Waals surface area contributed by atoms with Gasteiger partial charge in [0.2, 0.25) is 0 Å². The van der Waals surface area contributed by atoms with E-state index < -0.39 is 17.5 Å². The molecule has 0 spiro atoms. The van der Waals surface area contributed by atoms with E-state index in [0.29, 0.717) is 11.3 Å². The van der Waals surface area contributed by atoms with Gasteiger partial charge in [0.15, 0.2) is 0 Å². The van der Waals surface area contributed by atoms with Crippen molar-refractivity contribution in [3.8, 4) is 0 Å². The zero-order chi connectivity index (χ0) is 14.3. The lowest BCUT2D eigenvalue weighted by molar-refractivity contribution is -0.114. The van der Waals surface area contributed by atoms with Crippen LogP contribution in [0.1, 0.15) is 21.6 Å². The number of benzene rings is 1. The molecule has 3 rings (SSSR count). The van der Waals surface area contributed by atoms with Crippen LogP contribution in [0.25, 0.3) is 0 Å². The zero-order valence-electron chi connectivity index (χ0n) is 10.8. The first-order valence-electron chi connectivity index (χ1n) is 6.14. The lowest BCUT2D eigenvalue weighted by Gasteiger charge is -2.16. The first kappa shape index (κ1) is 12.5. The number of fused-ring (bicyclic) bond motifs is 1. The second-order valence-electron chi connectivity index (χ2n) is 4.68. The third-order valence-corrected chi connectivity index (χ3v) is 3.21. The Labute approximate surface area is 114 Å². The number of halogens is 1. The first-order valence-corrected chi connectivity index (χ1v) is 6.14. The molecule has 0 bridgehead atoms. The summed E-state index contributed by atoms with van der Waals surface area (Å²) in [5.41, 5.74) is 1.39. The van der Waals surface area contributed by atoms with Crippen LogP contribution in [0.5, 0.6) is 0 Å². The molecule has 100 valence electrons. The molecule has 1 aromatic heterocycles. The van der Waals surface area contributed by atoms with Crippen LogP contribution in [0.2, 0.25) is 0 Å². The van der Waals surface area contributed by atoms with E-state index in [1.54, 1.807) is 31.3 Å². The summed E-state index contributed by atoms with van der Waals surface area (Å²) in [6, 6.07) is 8.10. The molecule has 4 nitrogen and oxygen atoms in total. The average molecular weight is 270 g/mol. The maximum Gasteiger partial charge on any atom is 0.299 e. The number of carbonyl (C=O) groups excluding carboxylic acids is 2. The number of aryl methyl sites for hydroxylation is 1. The fourth-order valence-corrected chi connectivity index (χ4v) is 2.33. The van der Waals surface area contributed by atoms with Gasteiger partial charge in [-0.15, -0.1) is 0 Å². The number of aromatic nitrogens is 1. The van der Waals surface area contributed by atoms with Gasteiger partial charge >= 0.3 is 0 Å². The Morgan fingerprint density at radius 3 is 2.75 bits per heavy atom. The average Bonchev–Trinajstić information content (AvgIpc) is 2.65. The summed E-state index contributed by atoms with van der Waals surface area (Å²) in [5, 5.41) is 0. The summed E-state index contributed by atoms with van der Waals surface area (Å²) >= 11 is 0. The zero-order valence-corrected chi connectivity index (χ0v) is 10.8. The molecule has 1 amide bonds. The second kappa shape index (κ2) is 4.52. The highest BCUT2D eigenvalue weighted by Gasteiger charge is 2.38. The van der Waals surface area contributed by atoms with E-state index in [1.165, 1.54) is 12.1 Å². The van der Waals surface area contributed by atoms with Crippen molar-refractivity contribution in [3.05, 3.63) is 59.2 Å². The van der Waals surface area contributed by atoms with Crippen molar-refractivity contribution in [2.75, 3.05) is 4.90 Å². The van der Waals surface area contributed by atoms with Crippen molar-refractivity contribution in [3.63, 3.8) is 0 Å². The number of anilines is 1. The Bertz CT molecular complexity index is 713. The minimum absolute atomic E-state index is 0.0521. The number of hydrogen-bond acceptors (Lipinski definition) is 3. The highest BCUT2D eigenvalue weighted by Crippen LogP contribution is 2.33. The minimum Gasteiger partial charge on any atom is -0.296 e. The molecule has 20 heavy (non-hydrogen) atoms. The topological polar surface area (TPSA) is 50.3 Å². The van der Waals surface area contributed by atoms with Crippen molar-refractivity contribution in [1.29, 1.82) is 0 Å². The van der Waals surface area contributed by atoms with Gasteiger partial charge in [-0.3, -0.25) is 19.5 Å². The van der Waals surface area contributed by atoms with E-state index >= 15 is 0 Å². The number of amides is 1. The number of Topliss-reactive ketones (excluding diaryl/α,β-unsaturated/α-hetero) is 1. The molecular formula is C15H11FN2O2. The van der Waals surface area contributed by atoms with E-state index in [1.807, 2.05) is 0 Å². The summed E-state index contributed by atoms with van der Waals surface area (Å²) in [4.78, 5) is 29.2. The fraction of sp³-hybridized carbons (Fsp3) is 0.133. The number of rotatable bonds is 2. The Kier molecular flexibility index (Phi) is 2.82. The molecule has 2 aromatic rings. The van der Waals surface area contributed by atoms with Crippen molar-refractivity contribution in [1.82, 2.24) is 4.98 Å². The van der Waals surface area contributed by atoms with E-state index in [-0.39, 0.29) is 17.8 Å². The highest BCUT2D eigenvalue weighted by molar-refractivity contribution is 6.52. The number of carbonyl (C=O) groups is 2.